The summed E-state index contributed by atoms with van der Waals surface area (Å²) in [5.74, 6) is 0.0956. The van der Waals surface area contributed by atoms with Crippen molar-refractivity contribution in [1.29, 1.82) is 0 Å². The molecule has 0 fully saturated rings. The van der Waals surface area contributed by atoms with Crippen molar-refractivity contribution in [1.82, 2.24) is 10.2 Å². The molecular weight excluding hydrogens is 334 g/mol. The van der Waals surface area contributed by atoms with E-state index in [1.54, 1.807) is 18.3 Å². The molecule has 0 spiro atoms. The van der Waals surface area contributed by atoms with Gasteiger partial charge >= 0.3 is 0 Å². The van der Waals surface area contributed by atoms with Gasteiger partial charge in [0.25, 0.3) is 0 Å². The number of nitrogens with one attached hydrogen (secondary N) is 2. The molecule has 0 unspecified atom stereocenters. The summed E-state index contributed by atoms with van der Waals surface area (Å²) in [4.78, 5) is 12.1. The maximum Gasteiger partial charge on any atom is 0.181 e. The number of Topliss-reactive ketones (excluding diaryl/α,β-unsaturated/α-hetero) is 1. The molecule has 1 heterocycles. The highest BCUT2D eigenvalue weighted by atomic mass is 79.9. The summed E-state index contributed by atoms with van der Waals surface area (Å²) in [7, 11) is 0. The maximum absolute atomic E-state index is 12.1. The maximum atomic E-state index is 12.1. The van der Waals surface area contributed by atoms with Gasteiger partial charge in [0.2, 0.25) is 0 Å². The molecular formula is C15H12BrN3O2. The van der Waals surface area contributed by atoms with Crippen molar-refractivity contribution in [3.8, 4) is 5.75 Å². The predicted molar refractivity (Wildman–Crippen MR) is 84.7 cm³/mol. The second-order valence-electron chi connectivity index (χ2n) is 4.61. The third kappa shape index (κ3) is 2.90. The lowest BCUT2D eigenvalue weighted by Crippen LogP contribution is -2.14. The van der Waals surface area contributed by atoms with Gasteiger partial charge in [-0.2, -0.15) is 5.10 Å². The molecule has 0 atom stereocenters. The number of aromatic nitrogens is 2. The third-order valence-corrected chi connectivity index (χ3v) is 3.61. The van der Waals surface area contributed by atoms with E-state index < -0.39 is 0 Å². The van der Waals surface area contributed by atoms with Crippen LogP contribution in [0.15, 0.2) is 47.1 Å². The number of anilines is 1. The van der Waals surface area contributed by atoms with Crippen molar-refractivity contribution < 1.29 is 9.90 Å². The van der Waals surface area contributed by atoms with Gasteiger partial charge in [0.1, 0.15) is 5.75 Å². The van der Waals surface area contributed by atoms with E-state index in [1.807, 2.05) is 12.1 Å². The van der Waals surface area contributed by atoms with E-state index in [9.17, 15) is 9.90 Å². The number of fused-ring (bicyclic) bond motifs is 1. The largest absolute Gasteiger partial charge is 0.508 e. The molecule has 0 saturated carbocycles. The summed E-state index contributed by atoms with van der Waals surface area (Å²) in [5, 5.41) is 20.2. The van der Waals surface area contributed by atoms with E-state index in [0.29, 0.717) is 5.56 Å². The number of rotatable bonds is 4. The zero-order valence-corrected chi connectivity index (χ0v) is 12.5. The second-order valence-corrected chi connectivity index (χ2v) is 5.52. The van der Waals surface area contributed by atoms with Crippen LogP contribution in [0.2, 0.25) is 0 Å². The number of hydrogen-bond acceptors (Lipinski definition) is 4. The fraction of sp³-hybridized carbons (Fsp3) is 0.0667. The Kier molecular flexibility index (Phi) is 3.62. The van der Waals surface area contributed by atoms with Crippen molar-refractivity contribution in [3.05, 3.63) is 52.6 Å². The number of phenols is 1. The minimum Gasteiger partial charge on any atom is -0.508 e. The molecule has 106 valence electrons. The van der Waals surface area contributed by atoms with E-state index in [4.69, 9.17) is 0 Å². The first-order chi connectivity index (χ1) is 10.1. The Balaban J connectivity index is 1.78. The second kappa shape index (κ2) is 5.57. The number of halogens is 1. The number of carbonyl (C=O) groups is 1. The van der Waals surface area contributed by atoms with Crippen LogP contribution in [0.3, 0.4) is 0 Å². The van der Waals surface area contributed by atoms with Crippen molar-refractivity contribution in [2.45, 2.75) is 0 Å². The van der Waals surface area contributed by atoms with Gasteiger partial charge in [0, 0.05) is 21.1 Å². The van der Waals surface area contributed by atoms with Crippen LogP contribution in [0, 0.1) is 0 Å². The molecule has 0 bridgehead atoms. The van der Waals surface area contributed by atoms with Crippen LogP contribution in [-0.2, 0) is 0 Å². The summed E-state index contributed by atoms with van der Waals surface area (Å²) >= 11 is 3.43. The molecule has 0 saturated heterocycles. The van der Waals surface area contributed by atoms with Crippen LogP contribution in [-0.4, -0.2) is 27.6 Å². The summed E-state index contributed by atoms with van der Waals surface area (Å²) in [6, 6.07) is 10.0. The van der Waals surface area contributed by atoms with Gasteiger partial charge in [0.15, 0.2) is 5.78 Å². The first-order valence-corrected chi connectivity index (χ1v) is 7.11. The first kappa shape index (κ1) is 13.6. The van der Waals surface area contributed by atoms with Gasteiger partial charge in [-0.1, -0.05) is 15.9 Å². The zero-order valence-electron chi connectivity index (χ0n) is 10.9. The van der Waals surface area contributed by atoms with Crippen LogP contribution >= 0.6 is 15.9 Å². The molecule has 3 N–H and O–H groups in total. The normalized spacial score (nSPS) is 10.7. The van der Waals surface area contributed by atoms with Crippen LogP contribution < -0.4 is 5.32 Å². The molecule has 0 radical (unpaired) electrons. The van der Waals surface area contributed by atoms with Crippen LogP contribution in [0.1, 0.15) is 10.4 Å². The Morgan fingerprint density at radius 2 is 2.05 bits per heavy atom. The molecule has 3 rings (SSSR count). The number of benzene rings is 2. The highest BCUT2D eigenvalue weighted by Crippen LogP contribution is 2.26. The first-order valence-electron chi connectivity index (χ1n) is 6.32. The summed E-state index contributed by atoms with van der Waals surface area (Å²) < 4.78 is 0.902. The summed E-state index contributed by atoms with van der Waals surface area (Å²) in [6.45, 7) is 0.168. The number of phenolic OH excluding ortho intramolecular Hbond substituents is 1. The Hall–Kier alpha value is -2.34. The number of hydrogen-bond donors (Lipinski definition) is 3. The lowest BCUT2D eigenvalue weighted by molar-refractivity contribution is 0.101. The number of aromatic amines is 1. The number of ketones is 1. The molecule has 0 aliphatic carbocycles. The number of carbonyl (C=O) groups excluding carboxylic acids is 1. The van der Waals surface area contributed by atoms with Gasteiger partial charge in [-0.15, -0.1) is 0 Å². The minimum atomic E-state index is -0.0494. The van der Waals surface area contributed by atoms with E-state index in [2.05, 4.69) is 31.4 Å². The fourth-order valence-electron chi connectivity index (χ4n) is 2.09. The van der Waals surface area contributed by atoms with Crippen LogP contribution in [0.5, 0.6) is 5.75 Å². The molecule has 1 aromatic heterocycles. The Morgan fingerprint density at radius 3 is 2.81 bits per heavy atom. The van der Waals surface area contributed by atoms with E-state index >= 15 is 0 Å². The quantitative estimate of drug-likeness (QED) is 0.634. The van der Waals surface area contributed by atoms with Gasteiger partial charge in [-0.3, -0.25) is 9.89 Å². The minimum absolute atomic E-state index is 0.0494. The van der Waals surface area contributed by atoms with Gasteiger partial charge in [-0.25, -0.2) is 0 Å². The fourth-order valence-corrected chi connectivity index (χ4v) is 2.54. The van der Waals surface area contributed by atoms with Crippen molar-refractivity contribution in [3.63, 3.8) is 0 Å². The average Bonchev–Trinajstić information content (AvgIpc) is 2.93. The average molecular weight is 346 g/mol. The van der Waals surface area contributed by atoms with Crippen molar-refractivity contribution in [2.75, 3.05) is 11.9 Å². The Bertz CT molecular complexity index is 796. The van der Waals surface area contributed by atoms with Gasteiger partial charge in [0.05, 0.1) is 18.3 Å². The molecule has 21 heavy (non-hydrogen) atoms. The zero-order chi connectivity index (χ0) is 14.8. The highest BCUT2D eigenvalue weighted by molar-refractivity contribution is 9.10. The predicted octanol–water partition coefficient (Wildman–Crippen LogP) is 3.33. The number of nitrogens with zero attached hydrogens (tertiary/aromatic N) is 1. The number of aromatic hydroxyl groups is 1. The monoisotopic (exact) mass is 345 g/mol. The van der Waals surface area contributed by atoms with E-state index in [-0.39, 0.29) is 18.1 Å². The van der Waals surface area contributed by atoms with Gasteiger partial charge in [-0.05, 0) is 36.4 Å². The van der Waals surface area contributed by atoms with Crippen molar-refractivity contribution in [2.24, 2.45) is 0 Å². The van der Waals surface area contributed by atoms with Crippen molar-refractivity contribution >= 4 is 38.3 Å². The molecule has 2 aromatic carbocycles. The van der Waals surface area contributed by atoms with E-state index in [1.165, 1.54) is 12.1 Å². The highest BCUT2D eigenvalue weighted by Gasteiger charge is 2.09. The van der Waals surface area contributed by atoms with Crippen LogP contribution in [0.4, 0.5) is 5.69 Å². The van der Waals surface area contributed by atoms with Crippen LogP contribution in [0.25, 0.3) is 10.9 Å². The molecule has 5 nitrogen and oxygen atoms in total. The smallest absolute Gasteiger partial charge is 0.181 e. The summed E-state index contributed by atoms with van der Waals surface area (Å²) in [5.41, 5.74) is 2.28. The summed E-state index contributed by atoms with van der Waals surface area (Å²) in [6.07, 6.45) is 1.72. The lowest BCUT2D eigenvalue weighted by atomic mass is 10.1. The standard InChI is InChI=1S/C15H12BrN3O2/c16-10-5-13(12-7-18-19-14(12)6-10)17-8-15(21)9-1-3-11(20)4-2-9/h1-7,17,20H,8H2,(H,18,19). The molecule has 6 heteroatoms. The van der Waals surface area contributed by atoms with E-state index in [0.717, 1.165) is 21.1 Å². The third-order valence-electron chi connectivity index (χ3n) is 3.15. The Morgan fingerprint density at radius 1 is 1.29 bits per heavy atom. The molecule has 3 aromatic rings. The topological polar surface area (TPSA) is 78.0 Å². The SMILES string of the molecule is O=C(CNc1cc(Br)cc2[nH]ncc12)c1ccc(O)cc1. The molecule has 0 amide bonds. The van der Waals surface area contributed by atoms with Gasteiger partial charge < -0.3 is 10.4 Å². The molecule has 0 aliphatic heterocycles. The lowest BCUT2D eigenvalue weighted by Gasteiger charge is -2.08. The molecule has 0 aliphatic rings. The Labute approximate surface area is 129 Å². The number of H-pyrrole nitrogens is 1.